The smallest absolute Gasteiger partial charge is 0.410 e. The predicted octanol–water partition coefficient (Wildman–Crippen LogP) is 4.83. The maximum absolute atomic E-state index is 13.0. The van der Waals surface area contributed by atoms with Crippen molar-refractivity contribution in [1.82, 2.24) is 14.9 Å². The Balaban J connectivity index is 1.19. The van der Waals surface area contributed by atoms with Gasteiger partial charge in [0.2, 0.25) is 6.10 Å². The van der Waals surface area contributed by atoms with Crippen molar-refractivity contribution in [3.05, 3.63) is 65.9 Å². The number of ether oxygens (including phenoxy) is 3. The highest BCUT2D eigenvalue weighted by Crippen LogP contribution is 2.27. The molecule has 1 aromatic heterocycles. The normalized spacial score (nSPS) is 15.9. The summed E-state index contributed by atoms with van der Waals surface area (Å²) < 4.78 is 16.8. The van der Waals surface area contributed by atoms with Crippen LogP contribution in [0, 0.1) is 5.92 Å². The fourth-order valence-electron chi connectivity index (χ4n) is 4.80. The molecular weight excluding hydrogens is 580 g/mol. The molecule has 2 aromatic carbocycles. The van der Waals surface area contributed by atoms with Gasteiger partial charge in [0, 0.05) is 37.1 Å². The van der Waals surface area contributed by atoms with Crippen LogP contribution in [0.3, 0.4) is 0 Å². The number of likely N-dealkylation sites (tertiary alicyclic amines) is 1. The molecule has 3 aromatic rings. The van der Waals surface area contributed by atoms with Crippen molar-refractivity contribution in [3.63, 3.8) is 0 Å². The summed E-state index contributed by atoms with van der Waals surface area (Å²) in [4.78, 5) is 62.7. The Kier molecular flexibility index (Phi) is 8.70. The van der Waals surface area contributed by atoms with Crippen LogP contribution in [-0.2, 0) is 19.1 Å². The number of aromatic nitrogens is 1. The number of hydrogen-bond acceptors (Lipinski definition) is 10. The van der Waals surface area contributed by atoms with Gasteiger partial charge in [-0.25, -0.2) is 19.4 Å². The van der Waals surface area contributed by atoms with Crippen LogP contribution in [0.25, 0.3) is 10.8 Å². The van der Waals surface area contributed by atoms with Gasteiger partial charge in [0.25, 0.3) is 11.8 Å². The molecule has 12 nitrogen and oxygen atoms in total. The lowest BCUT2D eigenvalue weighted by atomic mass is 10.0. The summed E-state index contributed by atoms with van der Waals surface area (Å²) in [5, 5.41) is 5.63. The van der Waals surface area contributed by atoms with Gasteiger partial charge in [-0.3, -0.25) is 9.59 Å². The van der Waals surface area contributed by atoms with E-state index in [4.69, 9.17) is 19.0 Å². The van der Waals surface area contributed by atoms with Crippen molar-refractivity contribution in [2.24, 2.45) is 5.92 Å². The second-order valence-electron chi connectivity index (χ2n) is 13.1. The first-order chi connectivity index (χ1) is 21.2. The van der Waals surface area contributed by atoms with Gasteiger partial charge in [-0.05, 0) is 77.3 Å². The Hall–Kier alpha value is -4.71. The number of carbonyl (C=O) groups excluding carboxylic acids is 4. The van der Waals surface area contributed by atoms with Crippen LogP contribution in [0.4, 0.5) is 10.6 Å². The average molecular weight is 619 g/mol. The van der Waals surface area contributed by atoms with Gasteiger partial charge in [-0.2, -0.15) is 0 Å². The minimum atomic E-state index is -1.40. The molecule has 1 fully saturated rings. The highest BCUT2D eigenvalue weighted by molar-refractivity contribution is 6.20. The molecule has 5 rings (SSSR count). The van der Waals surface area contributed by atoms with E-state index in [9.17, 15) is 19.2 Å². The summed E-state index contributed by atoms with van der Waals surface area (Å²) in [6.45, 7) is 12.2. The van der Waals surface area contributed by atoms with Crippen LogP contribution in [0.5, 0.6) is 5.75 Å². The van der Waals surface area contributed by atoms with Crippen molar-refractivity contribution in [1.29, 1.82) is 0 Å². The standard InChI is InChI=1S/C33H38N4O8/c1-32(2,3)43-30(40)26(45-37-28(38)24-9-7-8-10-25(24)29(37)39)19-42-23-12-11-21-14-27(35-16-22(21)13-23)34-15-20-17-36(18-20)31(41)44-33(4,5)6/h7-14,16,20,26H,15,17-19H2,1-6H3,(H,34,35)/t26-/m0/s1. The maximum atomic E-state index is 13.0. The molecule has 2 aliphatic heterocycles. The Morgan fingerprint density at radius 3 is 2.18 bits per heavy atom. The first kappa shape index (κ1) is 31.7. The van der Waals surface area contributed by atoms with Crippen LogP contribution < -0.4 is 10.1 Å². The number of carbonyl (C=O) groups is 4. The molecule has 2 aliphatic rings. The number of anilines is 1. The Morgan fingerprint density at radius 2 is 1.56 bits per heavy atom. The molecule has 3 amide bonds. The molecule has 45 heavy (non-hydrogen) atoms. The van der Waals surface area contributed by atoms with Crippen LogP contribution in [0.1, 0.15) is 62.3 Å². The minimum absolute atomic E-state index is 0.192. The first-order valence-electron chi connectivity index (χ1n) is 14.8. The van der Waals surface area contributed by atoms with Gasteiger partial charge in [-0.15, -0.1) is 5.06 Å². The van der Waals surface area contributed by atoms with Gasteiger partial charge in [0.1, 0.15) is 29.4 Å². The number of nitrogens with zero attached hydrogens (tertiary/aromatic N) is 3. The van der Waals surface area contributed by atoms with Crippen molar-refractivity contribution < 1.29 is 38.2 Å². The third-order valence-corrected chi connectivity index (χ3v) is 6.93. The molecule has 0 radical (unpaired) electrons. The summed E-state index contributed by atoms with van der Waals surface area (Å²) in [7, 11) is 0. The topological polar surface area (TPSA) is 137 Å². The van der Waals surface area contributed by atoms with Crippen molar-refractivity contribution >= 4 is 40.5 Å². The van der Waals surface area contributed by atoms with E-state index in [1.165, 1.54) is 12.1 Å². The number of nitrogens with one attached hydrogen (secondary N) is 1. The van der Waals surface area contributed by atoms with E-state index in [0.29, 0.717) is 42.2 Å². The van der Waals surface area contributed by atoms with Crippen LogP contribution in [-0.4, -0.2) is 82.4 Å². The second kappa shape index (κ2) is 12.4. The van der Waals surface area contributed by atoms with Gasteiger partial charge in [0.05, 0.1) is 11.1 Å². The number of imide groups is 1. The highest BCUT2D eigenvalue weighted by atomic mass is 16.7. The molecule has 12 heteroatoms. The molecule has 0 aliphatic carbocycles. The van der Waals surface area contributed by atoms with Crippen molar-refractivity contribution in [2.75, 3.05) is 31.6 Å². The predicted molar refractivity (Wildman–Crippen MR) is 165 cm³/mol. The van der Waals surface area contributed by atoms with Crippen LogP contribution in [0.15, 0.2) is 54.7 Å². The molecule has 0 bridgehead atoms. The lowest BCUT2D eigenvalue weighted by Crippen LogP contribution is -2.53. The highest BCUT2D eigenvalue weighted by Gasteiger charge is 2.41. The number of rotatable bonds is 9. The van der Waals surface area contributed by atoms with E-state index in [-0.39, 0.29) is 23.8 Å². The van der Waals surface area contributed by atoms with Crippen LogP contribution >= 0.6 is 0 Å². The molecule has 3 heterocycles. The monoisotopic (exact) mass is 618 g/mol. The number of pyridine rings is 1. The van der Waals surface area contributed by atoms with E-state index in [1.54, 1.807) is 56.1 Å². The lowest BCUT2D eigenvalue weighted by molar-refractivity contribution is -0.193. The molecule has 0 spiro atoms. The maximum Gasteiger partial charge on any atom is 0.410 e. The van der Waals surface area contributed by atoms with Gasteiger partial charge >= 0.3 is 12.1 Å². The second-order valence-corrected chi connectivity index (χ2v) is 13.1. The Labute approximate surface area is 261 Å². The molecule has 1 saturated heterocycles. The molecule has 0 saturated carbocycles. The molecule has 1 atom stereocenters. The van der Waals surface area contributed by atoms with Crippen molar-refractivity contribution in [2.45, 2.75) is 58.8 Å². The Bertz CT molecular complexity index is 1590. The number of esters is 1. The van der Waals surface area contributed by atoms with Gasteiger partial charge in [-0.1, -0.05) is 18.2 Å². The van der Waals surface area contributed by atoms with E-state index >= 15 is 0 Å². The molecular formula is C33H38N4O8. The SMILES string of the molecule is CC(C)(C)OC(=O)[C@H](COc1ccc2cc(NCC3CN(C(=O)OC(C)(C)C)C3)ncc2c1)ON1C(=O)c2ccccc2C1=O. The molecule has 1 N–H and O–H groups in total. The van der Waals surface area contributed by atoms with E-state index in [0.717, 1.165) is 10.8 Å². The molecule has 238 valence electrons. The third kappa shape index (κ3) is 7.69. The number of hydroxylamine groups is 2. The zero-order chi connectivity index (χ0) is 32.5. The quantitative estimate of drug-likeness (QED) is 0.262. The fraction of sp³-hybridized carbons (Fsp3) is 0.424. The van der Waals surface area contributed by atoms with Crippen molar-refractivity contribution in [3.8, 4) is 5.75 Å². The average Bonchev–Trinajstić information content (AvgIpc) is 3.17. The van der Waals surface area contributed by atoms with E-state index in [2.05, 4.69) is 10.3 Å². The van der Waals surface area contributed by atoms with E-state index < -0.39 is 35.1 Å². The summed E-state index contributed by atoms with van der Waals surface area (Å²) in [5.41, 5.74) is -0.970. The third-order valence-electron chi connectivity index (χ3n) is 6.93. The largest absolute Gasteiger partial charge is 0.490 e. The van der Waals surface area contributed by atoms with E-state index in [1.807, 2.05) is 32.9 Å². The van der Waals surface area contributed by atoms with Gasteiger partial charge < -0.3 is 24.4 Å². The zero-order valence-corrected chi connectivity index (χ0v) is 26.3. The fourth-order valence-corrected chi connectivity index (χ4v) is 4.80. The zero-order valence-electron chi connectivity index (χ0n) is 26.3. The number of fused-ring (bicyclic) bond motifs is 2. The Morgan fingerprint density at radius 1 is 0.911 bits per heavy atom. The summed E-state index contributed by atoms with van der Waals surface area (Å²) in [6.07, 6.45) is 0.0108. The minimum Gasteiger partial charge on any atom is -0.490 e. The molecule has 0 unspecified atom stereocenters. The summed E-state index contributed by atoms with van der Waals surface area (Å²) in [5.74, 6) is -0.678. The summed E-state index contributed by atoms with van der Waals surface area (Å²) >= 11 is 0. The number of amides is 3. The summed E-state index contributed by atoms with van der Waals surface area (Å²) in [6, 6.07) is 13.6. The lowest BCUT2D eigenvalue weighted by Gasteiger charge is -2.39. The van der Waals surface area contributed by atoms with Gasteiger partial charge in [0.15, 0.2) is 0 Å². The van der Waals surface area contributed by atoms with Crippen LogP contribution in [0.2, 0.25) is 0 Å². The number of benzene rings is 2. The first-order valence-corrected chi connectivity index (χ1v) is 14.8. The number of hydrogen-bond donors (Lipinski definition) is 1.